The second-order valence-corrected chi connectivity index (χ2v) is 6.65. The number of pyridine rings is 1. The number of nitrogens with one attached hydrogen (secondary N) is 1. The van der Waals surface area contributed by atoms with E-state index in [0.29, 0.717) is 16.3 Å². The number of halogens is 4. The summed E-state index contributed by atoms with van der Waals surface area (Å²) in [6.45, 7) is 3.34. The zero-order chi connectivity index (χ0) is 18.3. The smallest absolute Gasteiger partial charge is 0.263 e. The average molecular weight is 402 g/mol. The van der Waals surface area contributed by atoms with Crippen molar-refractivity contribution in [2.75, 3.05) is 5.73 Å². The van der Waals surface area contributed by atoms with Gasteiger partial charge in [0.25, 0.3) is 5.91 Å². The molecule has 9 heteroatoms. The van der Waals surface area contributed by atoms with Gasteiger partial charge in [-0.1, -0.05) is 0 Å². The summed E-state index contributed by atoms with van der Waals surface area (Å²) in [4.78, 5) is 17.6. The number of nitrogen functional groups attached to an aromatic ring is 1. The van der Waals surface area contributed by atoms with Crippen LogP contribution in [0.2, 0.25) is 0 Å². The summed E-state index contributed by atoms with van der Waals surface area (Å²) in [5, 5.41) is 3.13. The summed E-state index contributed by atoms with van der Waals surface area (Å²) in [7, 11) is 0. The molecule has 4 nitrogen and oxygen atoms in total. The molecule has 0 spiro atoms. The van der Waals surface area contributed by atoms with Crippen molar-refractivity contribution >= 4 is 45.6 Å². The molecule has 1 amide bonds. The number of carbonyl (C=O) groups excluding carboxylic acids is 1. The number of fused-ring (bicyclic) bond motifs is 1. The fourth-order valence-corrected chi connectivity index (χ4v) is 3.76. The van der Waals surface area contributed by atoms with Gasteiger partial charge in [0.05, 0.1) is 5.69 Å². The van der Waals surface area contributed by atoms with E-state index in [2.05, 4.69) is 10.3 Å². The third-order valence-electron chi connectivity index (χ3n) is 3.74. The van der Waals surface area contributed by atoms with Crippen molar-refractivity contribution in [1.29, 1.82) is 0 Å². The number of hydrogen-bond donors (Lipinski definition) is 2. The van der Waals surface area contributed by atoms with Crippen molar-refractivity contribution < 1.29 is 18.0 Å². The van der Waals surface area contributed by atoms with Gasteiger partial charge in [0.2, 0.25) is 0 Å². The number of hydrogen-bond acceptors (Lipinski definition) is 4. The first kappa shape index (κ1) is 20.0. The normalized spacial score (nSPS) is 10.7. The van der Waals surface area contributed by atoms with E-state index >= 15 is 0 Å². The monoisotopic (exact) mass is 401 g/mol. The molecule has 0 saturated heterocycles. The van der Waals surface area contributed by atoms with Crippen molar-refractivity contribution in [3.05, 3.63) is 57.3 Å². The Kier molecular flexibility index (Phi) is 5.77. The molecular formula is C17H15ClF3N3OS. The summed E-state index contributed by atoms with van der Waals surface area (Å²) in [6.07, 6.45) is 0. The molecule has 2 heterocycles. The van der Waals surface area contributed by atoms with E-state index in [-0.39, 0.29) is 35.1 Å². The Bertz CT molecular complexity index is 1010. The molecule has 3 rings (SSSR count). The molecule has 0 fully saturated rings. The van der Waals surface area contributed by atoms with E-state index in [1.165, 1.54) is 0 Å². The van der Waals surface area contributed by atoms with Crippen LogP contribution in [0, 0.1) is 31.3 Å². The van der Waals surface area contributed by atoms with E-state index in [9.17, 15) is 18.0 Å². The maximum absolute atomic E-state index is 13.7. The topological polar surface area (TPSA) is 68.0 Å². The second kappa shape index (κ2) is 7.51. The molecule has 0 aliphatic carbocycles. The van der Waals surface area contributed by atoms with Gasteiger partial charge in [-0.3, -0.25) is 4.79 Å². The Hall–Kier alpha value is -2.32. The number of benzene rings is 1. The lowest BCUT2D eigenvalue weighted by Gasteiger charge is -2.07. The highest BCUT2D eigenvalue weighted by atomic mass is 35.5. The van der Waals surface area contributed by atoms with E-state index in [1.54, 1.807) is 0 Å². The summed E-state index contributed by atoms with van der Waals surface area (Å²) < 4.78 is 40.1. The molecule has 3 aromatic rings. The Morgan fingerprint density at radius 1 is 1.23 bits per heavy atom. The SMILES string of the molecule is Cc1cc(C)c2c(N)c(C(=O)NCc3cc(F)cc(F)c3F)sc2n1.Cl. The number of aryl methyl sites for hydroxylation is 2. The van der Waals surface area contributed by atoms with Gasteiger partial charge in [-0.2, -0.15) is 0 Å². The predicted molar refractivity (Wildman–Crippen MR) is 98.2 cm³/mol. The third-order valence-corrected chi connectivity index (χ3v) is 4.84. The molecule has 2 aromatic heterocycles. The maximum Gasteiger partial charge on any atom is 0.263 e. The number of aromatic nitrogens is 1. The lowest BCUT2D eigenvalue weighted by Crippen LogP contribution is -2.23. The van der Waals surface area contributed by atoms with Gasteiger partial charge >= 0.3 is 0 Å². The van der Waals surface area contributed by atoms with Crippen LogP contribution in [0.5, 0.6) is 0 Å². The van der Waals surface area contributed by atoms with Crippen LogP contribution < -0.4 is 11.1 Å². The molecular weight excluding hydrogens is 387 g/mol. The van der Waals surface area contributed by atoms with Crippen LogP contribution in [0.3, 0.4) is 0 Å². The number of nitrogens with zero attached hydrogens (tertiary/aromatic N) is 1. The van der Waals surface area contributed by atoms with Crippen LogP contribution in [0.4, 0.5) is 18.9 Å². The molecule has 0 radical (unpaired) electrons. The second-order valence-electron chi connectivity index (χ2n) is 5.65. The predicted octanol–water partition coefficient (Wildman–Crippen LogP) is 4.26. The molecule has 0 atom stereocenters. The minimum Gasteiger partial charge on any atom is -0.397 e. The molecule has 26 heavy (non-hydrogen) atoms. The Morgan fingerprint density at radius 2 is 1.92 bits per heavy atom. The number of thiophene rings is 1. The van der Waals surface area contributed by atoms with Gasteiger partial charge in [-0.15, -0.1) is 23.7 Å². The molecule has 0 bridgehead atoms. The van der Waals surface area contributed by atoms with Gasteiger partial charge < -0.3 is 11.1 Å². The zero-order valence-corrected chi connectivity index (χ0v) is 15.5. The summed E-state index contributed by atoms with van der Waals surface area (Å²) in [6, 6.07) is 3.14. The molecule has 1 aromatic carbocycles. The minimum absolute atomic E-state index is 0. The minimum atomic E-state index is -1.30. The lowest BCUT2D eigenvalue weighted by atomic mass is 10.1. The first-order valence-electron chi connectivity index (χ1n) is 7.35. The Morgan fingerprint density at radius 3 is 2.62 bits per heavy atom. The number of anilines is 1. The highest BCUT2D eigenvalue weighted by Gasteiger charge is 2.19. The van der Waals surface area contributed by atoms with Crippen molar-refractivity contribution in [1.82, 2.24) is 10.3 Å². The zero-order valence-electron chi connectivity index (χ0n) is 13.8. The molecule has 0 saturated carbocycles. The fourth-order valence-electron chi connectivity index (χ4n) is 2.63. The molecule has 138 valence electrons. The van der Waals surface area contributed by atoms with Gasteiger partial charge in [-0.05, 0) is 31.5 Å². The lowest BCUT2D eigenvalue weighted by molar-refractivity contribution is 0.0955. The quantitative estimate of drug-likeness (QED) is 0.644. The van der Waals surface area contributed by atoms with Crippen LogP contribution in [0.25, 0.3) is 10.2 Å². The first-order chi connectivity index (χ1) is 11.8. The van der Waals surface area contributed by atoms with Crippen molar-refractivity contribution in [2.24, 2.45) is 0 Å². The van der Waals surface area contributed by atoms with Crippen LogP contribution in [0.15, 0.2) is 18.2 Å². The average Bonchev–Trinajstić information content (AvgIpc) is 2.86. The molecule has 0 unspecified atom stereocenters. The fraction of sp³-hybridized carbons (Fsp3) is 0.176. The van der Waals surface area contributed by atoms with Crippen LogP contribution in [-0.4, -0.2) is 10.9 Å². The van der Waals surface area contributed by atoms with Gasteiger partial charge in [0.15, 0.2) is 11.6 Å². The van der Waals surface area contributed by atoms with Crippen LogP contribution in [0.1, 0.15) is 26.5 Å². The number of carbonyl (C=O) groups is 1. The van der Waals surface area contributed by atoms with E-state index < -0.39 is 23.4 Å². The first-order valence-corrected chi connectivity index (χ1v) is 8.17. The number of rotatable bonds is 3. The molecule has 0 aliphatic heterocycles. The summed E-state index contributed by atoms with van der Waals surface area (Å²) >= 11 is 1.12. The Labute approximate surface area is 157 Å². The van der Waals surface area contributed by atoms with E-state index in [4.69, 9.17) is 5.73 Å². The largest absolute Gasteiger partial charge is 0.397 e. The number of amides is 1. The van der Waals surface area contributed by atoms with E-state index in [1.807, 2.05) is 19.9 Å². The molecule has 0 aliphatic rings. The highest BCUT2D eigenvalue weighted by molar-refractivity contribution is 7.21. The van der Waals surface area contributed by atoms with Crippen LogP contribution >= 0.6 is 23.7 Å². The maximum atomic E-state index is 13.7. The summed E-state index contributed by atoms with van der Waals surface area (Å²) in [5.41, 5.74) is 7.76. The third kappa shape index (κ3) is 3.61. The van der Waals surface area contributed by atoms with E-state index in [0.717, 1.165) is 28.7 Å². The van der Waals surface area contributed by atoms with Gasteiger partial charge in [0, 0.05) is 29.3 Å². The Balaban J connectivity index is 0.00000243. The summed E-state index contributed by atoms with van der Waals surface area (Å²) in [5.74, 6) is -3.97. The number of nitrogens with two attached hydrogens (primary N) is 1. The standard InChI is InChI=1S/C17H14F3N3OS.ClH/c1-7-3-8(2)23-17-12(7)14(21)15(25-17)16(24)22-6-9-4-10(18)5-11(19)13(9)20;/h3-5H,6,21H2,1-2H3,(H,22,24);1H. The van der Waals surface area contributed by atoms with Gasteiger partial charge in [-0.25, -0.2) is 18.2 Å². The van der Waals surface area contributed by atoms with Crippen molar-refractivity contribution in [3.63, 3.8) is 0 Å². The molecule has 3 N–H and O–H groups in total. The van der Waals surface area contributed by atoms with Crippen molar-refractivity contribution in [3.8, 4) is 0 Å². The highest BCUT2D eigenvalue weighted by Crippen LogP contribution is 2.34. The van der Waals surface area contributed by atoms with Gasteiger partial charge in [0.1, 0.15) is 15.5 Å². The van der Waals surface area contributed by atoms with Crippen LogP contribution in [-0.2, 0) is 6.54 Å². The van der Waals surface area contributed by atoms with Crippen molar-refractivity contribution in [2.45, 2.75) is 20.4 Å².